The van der Waals surface area contributed by atoms with Gasteiger partial charge in [0.1, 0.15) is 5.60 Å². The van der Waals surface area contributed by atoms with Crippen molar-refractivity contribution in [2.24, 2.45) is 11.8 Å². The highest BCUT2D eigenvalue weighted by Gasteiger charge is 2.33. The minimum absolute atomic E-state index is 0.0227. The number of hydrogen-bond donors (Lipinski definition) is 2. The summed E-state index contributed by atoms with van der Waals surface area (Å²) in [7, 11) is 1.41. The van der Waals surface area contributed by atoms with E-state index in [4.69, 9.17) is 9.47 Å². The number of alkyl carbamates (subject to hydrolysis) is 1. The van der Waals surface area contributed by atoms with E-state index < -0.39 is 11.7 Å². The normalized spacial score (nSPS) is 28.7. The molecule has 0 radical (unpaired) electrons. The summed E-state index contributed by atoms with van der Waals surface area (Å²) in [5.74, 6) is -0.395. The van der Waals surface area contributed by atoms with Crippen molar-refractivity contribution in [1.29, 1.82) is 0 Å². The van der Waals surface area contributed by atoms with Crippen LogP contribution in [-0.4, -0.2) is 42.8 Å². The summed E-state index contributed by atoms with van der Waals surface area (Å²) in [5.41, 5.74) is -0.535. The lowest BCUT2D eigenvalue weighted by Crippen LogP contribution is -2.47. The van der Waals surface area contributed by atoms with Crippen molar-refractivity contribution < 1.29 is 23.9 Å². The van der Waals surface area contributed by atoms with Crippen LogP contribution in [0, 0.1) is 11.8 Å². The first-order valence-corrected chi connectivity index (χ1v) is 10.1. The Hall–Kier alpha value is -1.79. The van der Waals surface area contributed by atoms with E-state index in [-0.39, 0.29) is 35.8 Å². The van der Waals surface area contributed by atoms with Crippen LogP contribution in [0.1, 0.15) is 72.1 Å². The van der Waals surface area contributed by atoms with E-state index in [0.717, 1.165) is 38.5 Å². The SMILES string of the molecule is COC(=O)[C@@H]1CCC[C@H](NC(=O)[C@@H]2CCC[C@H](NC(=O)OC(C)(C)C)C2)C1. The number of methoxy groups -OCH3 is 1. The largest absolute Gasteiger partial charge is 0.469 e. The Morgan fingerprint density at radius 2 is 1.41 bits per heavy atom. The van der Waals surface area contributed by atoms with Gasteiger partial charge in [-0.15, -0.1) is 0 Å². The van der Waals surface area contributed by atoms with Crippen LogP contribution in [0.4, 0.5) is 4.79 Å². The number of carbonyl (C=O) groups is 3. The third-order valence-corrected chi connectivity index (χ3v) is 5.32. The lowest BCUT2D eigenvalue weighted by molar-refractivity contribution is -0.147. The van der Waals surface area contributed by atoms with Crippen molar-refractivity contribution in [3.8, 4) is 0 Å². The fraction of sp³-hybridized carbons (Fsp3) is 0.850. The highest BCUT2D eigenvalue weighted by Crippen LogP contribution is 2.28. The van der Waals surface area contributed by atoms with Crippen molar-refractivity contribution in [1.82, 2.24) is 10.6 Å². The first-order chi connectivity index (χ1) is 12.7. The van der Waals surface area contributed by atoms with E-state index >= 15 is 0 Å². The maximum Gasteiger partial charge on any atom is 0.407 e. The van der Waals surface area contributed by atoms with E-state index in [0.29, 0.717) is 12.8 Å². The van der Waals surface area contributed by atoms with E-state index in [1.165, 1.54) is 7.11 Å². The molecule has 0 spiro atoms. The number of esters is 1. The van der Waals surface area contributed by atoms with E-state index in [1.807, 2.05) is 20.8 Å². The fourth-order valence-electron chi connectivity index (χ4n) is 4.05. The van der Waals surface area contributed by atoms with Crippen molar-refractivity contribution in [2.45, 2.75) is 89.8 Å². The number of carbonyl (C=O) groups excluding carboxylic acids is 3. The van der Waals surface area contributed by atoms with Gasteiger partial charge in [-0.2, -0.15) is 0 Å². The molecule has 0 aliphatic heterocycles. The summed E-state index contributed by atoms with van der Waals surface area (Å²) >= 11 is 0. The van der Waals surface area contributed by atoms with E-state index in [9.17, 15) is 14.4 Å². The minimum atomic E-state index is -0.535. The monoisotopic (exact) mass is 382 g/mol. The predicted octanol–water partition coefficient (Wildman–Crippen LogP) is 2.92. The second kappa shape index (κ2) is 9.42. The summed E-state index contributed by atoms with van der Waals surface area (Å²) in [6.45, 7) is 5.49. The molecule has 27 heavy (non-hydrogen) atoms. The van der Waals surface area contributed by atoms with Crippen molar-refractivity contribution in [3.05, 3.63) is 0 Å². The number of hydrogen-bond acceptors (Lipinski definition) is 5. The zero-order valence-corrected chi connectivity index (χ0v) is 17.0. The van der Waals surface area contributed by atoms with Crippen LogP contribution in [0.25, 0.3) is 0 Å². The molecular formula is C20H34N2O5. The van der Waals surface area contributed by atoms with Gasteiger partial charge in [-0.25, -0.2) is 4.79 Å². The molecule has 2 N–H and O–H groups in total. The summed E-state index contributed by atoms with van der Waals surface area (Å²) < 4.78 is 10.1. The molecule has 2 rings (SSSR count). The predicted molar refractivity (Wildman–Crippen MR) is 101 cm³/mol. The van der Waals surface area contributed by atoms with Gasteiger partial charge in [0, 0.05) is 18.0 Å². The molecule has 0 heterocycles. The smallest absolute Gasteiger partial charge is 0.407 e. The van der Waals surface area contributed by atoms with Gasteiger partial charge < -0.3 is 20.1 Å². The van der Waals surface area contributed by atoms with Gasteiger partial charge in [-0.1, -0.05) is 12.8 Å². The lowest BCUT2D eigenvalue weighted by Gasteiger charge is -2.33. The molecule has 0 unspecified atom stereocenters. The van der Waals surface area contributed by atoms with Crippen LogP contribution in [0.3, 0.4) is 0 Å². The molecule has 0 aromatic carbocycles. The molecule has 4 atom stereocenters. The Morgan fingerprint density at radius 1 is 0.852 bits per heavy atom. The van der Waals surface area contributed by atoms with Gasteiger partial charge in [-0.3, -0.25) is 9.59 Å². The zero-order chi connectivity index (χ0) is 20.0. The minimum Gasteiger partial charge on any atom is -0.469 e. The Bertz CT molecular complexity index is 543. The molecule has 7 heteroatoms. The van der Waals surface area contributed by atoms with Gasteiger partial charge in [0.25, 0.3) is 0 Å². The van der Waals surface area contributed by atoms with Gasteiger partial charge in [0.2, 0.25) is 5.91 Å². The van der Waals surface area contributed by atoms with E-state index in [1.54, 1.807) is 0 Å². The topological polar surface area (TPSA) is 93.7 Å². The molecule has 2 aliphatic rings. The summed E-state index contributed by atoms with van der Waals surface area (Å²) in [5, 5.41) is 6.01. The van der Waals surface area contributed by atoms with Gasteiger partial charge in [-0.05, 0) is 59.3 Å². The number of amides is 2. The van der Waals surface area contributed by atoms with Crippen LogP contribution in [0.2, 0.25) is 0 Å². The third kappa shape index (κ3) is 7.03. The summed E-state index contributed by atoms with van der Waals surface area (Å²) in [6, 6.07) is -0.0203. The highest BCUT2D eigenvalue weighted by molar-refractivity contribution is 5.79. The third-order valence-electron chi connectivity index (χ3n) is 5.32. The Balaban J connectivity index is 1.82. The van der Waals surface area contributed by atoms with Crippen LogP contribution in [-0.2, 0) is 19.1 Å². The van der Waals surface area contributed by atoms with Gasteiger partial charge >= 0.3 is 12.1 Å². The molecule has 0 aromatic heterocycles. The van der Waals surface area contributed by atoms with Crippen molar-refractivity contribution in [3.63, 3.8) is 0 Å². The average molecular weight is 383 g/mol. The number of ether oxygens (including phenoxy) is 2. The van der Waals surface area contributed by atoms with E-state index in [2.05, 4.69) is 10.6 Å². The zero-order valence-electron chi connectivity index (χ0n) is 17.0. The molecule has 2 amide bonds. The van der Waals surface area contributed by atoms with Gasteiger partial charge in [0.05, 0.1) is 13.0 Å². The van der Waals surface area contributed by atoms with Crippen LogP contribution in [0.5, 0.6) is 0 Å². The summed E-state index contributed by atoms with van der Waals surface area (Å²) in [6.07, 6.45) is 6.05. The quantitative estimate of drug-likeness (QED) is 0.729. The molecule has 2 saturated carbocycles. The van der Waals surface area contributed by atoms with Crippen LogP contribution < -0.4 is 10.6 Å². The maximum atomic E-state index is 12.7. The van der Waals surface area contributed by atoms with Gasteiger partial charge in [0.15, 0.2) is 0 Å². The molecule has 0 bridgehead atoms. The molecule has 0 aromatic rings. The molecular weight excluding hydrogens is 348 g/mol. The second-order valence-electron chi connectivity index (χ2n) is 8.80. The Kier molecular flexibility index (Phi) is 7.50. The van der Waals surface area contributed by atoms with Crippen LogP contribution >= 0.6 is 0 Å². The number of rotatable bonds is 4. The molecule has 0 saturated heterocycles. The highest BCUT2D eigenvalue weighted by atomic mass is 16.6. The van der Waals surface area contributed by atoms with Crippen molar-refractivity contribution in [2.75, 3.05) is 7.11 Å². The Morgan fingerprint density at radius 3 is 2.00 bits per heavy atom. The number of nitrogens with one attached hydrogen (secondary N) is 2. The first kappa shape index (κ1) is 21.5. The standard InChI is InChI=1S/C20H34N2O5/c1-20(2,3)27-19(25)22-16-10-5-7-13(11-16)17(23)21-15-9-6-8-14(12-15)18(24)26-4/h13-16H,5-12H2,1-4H3,(H,21,23)(H,22,25)/t13-,14-,15+,16+/m1/s1. The molecule has 2 aliphatic carbocycles. The molecule has 7 nitrogen and oxygen atoms in total. The lowest BCUT2D eigenvalue weighted by atomic mass is 9.83. The maximum absolute atomic E-state index is 12.7. The van der Waals surface area contributed by atoms with Crippen LogP contribution in [0.15, 0.2) is 0 Å². The van der Waals surface area contributed by atoms with Crippen molar-refractivity contribution >= 4 is 18.0 Å². The first-order valence-electron chi connectivity index (χ1n) is 10.1. The molecule has 154 valence electrons. The second-order valence-corrected chi connectivity index (χ2v) is 8.80. The fourth-order valence-corrected chi connectivity index (χ4v) is 4.05. The average Bonchev–Trinajstić information content (AvgIpc) is 2.59. The Labute approximate surface area is 161 Å². The molecule has 2 fully saturated rings. The summed E-state index contributed by atoms with van der Waals surface area (Å²) in [4.78, 5) is 36.4.